The van der Waals surface area contributed by atoms with Gasteiger partial charge in [-0.05, 0) is 13.3 Å². The second-order valence-corrected chi connectivity index (χ2v) is 3.34. The van der Waals surface area contributed by atoms with Crippen molar-refractivity contribution in [1.82, 2.24) is 10.2 Å². The van der Waals surface area contributed by atoms with E-state index >= 15 is 0 Å². The second-order valence-electron chi connectivity index (χ2n) is 2.51. The van der Waals surface area contributed by atoms with Gasteiger partial charge in [-0.15, -0.1) is 24.6 Å². The van der Waals surface area contributed by atoms with Crippen molar-refractivity contribution in [2.24, 2.45) is 5.73 Å². The van der Waals surface area contributed by atoms with Crippen molar-refractivity contribution < 1.29 is 9.59 Å². The van der Waals surface area contributed by atoms with Crippen molar-refractivity contribution in [2.75, 3.05) is 32.3 Å². The Morgan fingerprint density at radius 1 is 1.47 bits per heavy atom. The molecule has 0 rings (SSSR count). The summed E-state index contributed by atoms with van der Waals surface area (Å²) >= 11 is 1.48. The van der Waals surface area contributed by atoms with Crippen LogP contribution in [0.3, 0.4) is 0 Å². The first-order chi connectivity index (χ1) is 7.11. The standard InChI is InChI=1S/C7H15N3O2S.C2H2/c1-9-3-7(12)10(5-13-2)4-6(8)11;1-2/h9H,3-5H2,1-2H3,(H2,8,11);1-2H. The minimum absolute atomic E-state index is 0.0125. The van der Waals surface area contributed by atoms with Crippen molar-refractivity contribution in [3.05, 3.63) is 0 Å². The summed E-state index contributed by atoms with van der Waals surface area (Å²) in [5, 5.41) is 2.73. The fraction of sp³-hybridized carbons (Fsp3) is 0.556. The zero-order valence-electron chi connectivity index (χ0n) is 9.03. The van der Waals surface area contributed by atoms with E-state index < -0.39 is 5.91 Å². The van der Waals surface area contributed by atoms with Crippen LogP contribution in [-0.2, 0) is 9.59 Å². The number of nitrogens with one attached hydrogen (secondary N) is 1. The summed E-state index contributed by atoms with van der Waals surface area (Å²) < 4.78 is 0. The van der Waals surface area contributed by atoms with Crippen LogP contribution in [0.5, 0.6) is 0 Å². The molecule has 2 amide bonds. The quantitative estimate of drug-likeness (QED) is 0.458. The van der Waals surface area contributed by atoms with Crippen LogP contribution in [0.2, 0.25) is 0 Å². The predicted molar refractivity (Wildman–Crippen MR) is 63.1 cm³/mol. The molecule has 15 heavy (non-hydrogen) atoms. The molecule has 0 aliphatic heterocycles. The Morgan fingerprint density at radius 2 is 2.00 bits per heavy atom. The number of carbonyl (C=O) groups excluding carboxylic acids is 2. The highest BCUT2D eigenvalue weighted by molar-refractivity contribution is 7.98. The van der Waals surface area contributed by atoms with Gasteiger partial charge >= 0.3 is 0 Å². The molecule has 0 unspecified atom stereocenters. The molecule has 0 aromatic heterocycles. The van der Waals surface area contributed by atoms with Crippen molar-refractivity contribution >= 4 is 23.6 Å². The van der Waals surface area contributed by atoms with Gasteiger partial charge in [-0.3, -0.25) is 9.59 Å². The van der Waals surface area contributed by atoms with E-state index in [1.807, 2.05) is 6.26 Å². The Labute approximate surface area is 94.8 Å². The highest BCUT2D eigenvalue weighted by atomic mass is 32.2. The normalized spacial score (nSPS) is 8.53. The summed E-state index contributed by atoms with van der Waals surface area (Å²) in [5.74, 6) is -0.113. The van der Waals surface area contributed by atoms with Crippen LogP contribution in [0.15, 0.2) is 0 Å². The van der Waals surface area contributed by atoms with E-state index in [1.165, 1.54) is 16.7 Å². The molecule has 0 bridgehead atoms. The van der Waals surface area contributed by atoms with Gasteiger partial charge in [-0.1, -0.05) is 0 Å². The van der Waals surface area contributed by atoms with Gasteiger partial charge in [-0.25, -0.2) is 0 Å². The molecule has 0 heterocycles. The van der Waals surface area contributed by atoms with Crippen LogP contribution in [0.25, 0.3) is 0 Å². The van der Waals surface area contributed by atoms with Crippen molar-refractivity contribution in [3.8, 4) is 12.8 Å². The molecule has 0 spiro atoms. The zero-order valence-corrected chi connectivity index (χ0v) is 9.84. The van der Waals surface area contributed by atoms with Crippen molar-refractivity contribution in [2.45, 2.75) is 0 Å². The van der Waals surface area contributed by atoms with Gasteiger partial charge in [0.05, 0.1) is 12.4 Å². The Hall–Kier alpha value is -1.19. The number of hydrogen-bond donors (Lipinski definition) is 2. The Kier molecular flexibility index (Phi) is 11.8. The average molecular weight is 231 g/mol. The minimum atomic E-state index is -0.487. The molecular formula is C9H17N3O2S. The SMILES string of the molecule is C#C.CNCC(=O)N(CSC)CC(N)=O. The van der Waals surface area contributed by atoms with Gasteiger partial charge in [0.15, 0.2) is 0 Å². The van der Waals surface area contributed by atoms with Gasteiger partial charge < -0.3 is 16.0 Å². The van der Waals surface area contributed by atoms with Gasteiger partial charge in [0, 0.05) is 0 Å². The largest absolute Gasteiger partial charge is 0.368 e. The number of hydrogen-bond acceptors (Lipinski definition) is 4. The highest BCUT2D eigenvalue weighted by Gasteiger charge is 2.13. The lowest BCUT2D eigenvalue weighted by Crippen LogP contribution is -2.41. The molecule has 0 aliphatic carbocycles. The summed E-state index contributed by atoms with van der Waals surface area (Å²) in [4.78, 5) is 23.3. The summed E-state index contributed by atoms with van der Waals surface area (Å²) in [5.41, 5.74) is 5.00. The van der Waals surface area contributed by atoms with E-state index in [-0.39, 0.29) is 19.0 Å². The number of nitrogens with two attached hydrogens (primary N) is 1. The number of primary amides is 1. The summed E-state index contributed by atoms with van der Waals surface area (Å²) in [7, 11) is 1.68. The van der Waals surface area contributed by atoms with Crippen LogP contribution in [-0.4, -0.2) is 49.0 Å². The molecule has 86 valence electrons. The Morgan fingerprint density at radius 3 is 2.33 bits per heavy atom. The molecule has 0 fully saturated rings. The van der Waals surface area contributed by atoms with Crippen LogP contribution < -0.4 is 11.1 Å². The number of likely N-dealkylation sites (N-methyl/N-ethyl adjacent to an activating group) is 1. The number of thioether (sulfide) groups is 1. The lowest BCUT2D eigenvalue weighted by atomic mass is 10.4. The molecule has 0 aromatic rings. The van der Waals surface area contributed by atoms with Gasteiger partial charge in [0.2, 0.25) is 11.8 Å². The maximum atomic E-state index is 11.3. The summed E-state index contributed by atoms with van der Waals surface area (Å²) in [6.45, 7) is 0.217. The lowest BCUT2D eigenvalue weighted by molar-refractivity contribution is -0.133. The molecular weight excluding hydrogens is 214 g/mol. The topological polar surface area (TPSA) is 75.4 Å². The number of terminal acetylenes is 1. The molecule has 0 atom stereocenters. The smallest absolute Gasteiger partial charge is 0.237 e. The van der Waals surface area contributed by atoms with E-state index in [1.54, 1.807) is 7.05 Å². The van der Waals surface area contributed by atoms with Gasteiger partial charge in [-0.2, -0.15) is 0 Å². The maximum Gasteiger partial charge on any atom is 0.237 e. The number of carbonyl (C=O) groups is 2. The lowest BCUT2D eigenvalue weighted by Gasteiger charge is -2.19. The third kappa shape index (κ3) is 9.12. The van der Waals surface area contributed by atoms with Gasteiger partial charge in [0.1, 0.15) is 6.54 Å². The van der Waals surface area contributed by atoms with Crippen molar-refractivity contribution in [3.63, 3.8) is 0 Å². The summed E-state index contributed by atoms with van der Waals surface area (Å²) in [6.07, 6.45) is 9.86. The molecule has 3 N–H and O–H groups in total. The first-order valence-electron chi connectivity index (χ1n) is 4.14. The minimum Gasteiger partial charge on any atom is -0.368 e. The molecule has 0 aromatic carbocycles. The van der Waals surface area contributed by atoms with E-state index in [4.69, 9.17) is 5.73 Å². The monoisotopic (exact) mass is 231 g/mol. The molecule has 0 radical (unpaired) electrons. The fourth-order valence-electron chi connectivity index (χ4n) is 0.813. The third-order valence-corrected chi connectivity index (χ3v) is 1.88. The van der Waals surface area contributed by atoms with Crippen LogP contribution in [0, 0.1) is 12.8 Å². The number of nitrogens with zero attached hydrogens (tertiary/aromatic N) is 1. The first kappa shape index (κ1) is 16.2. The van der Waals surface area contributed by atoms with Crippen LogP contribution in [0.1, 0.15) is 0 Å². The fourth-order valence-corrected chi connectivity index (χ4v) is 1.36. The zero-order chi connectivity index (χ0) is 12.3. The molecule has 0 aliphatic rings. The average Bonchev–Trinajstić information content (AvgIpc) is 2.20. The van der Waals surface area contributed by atoms with E-state index in [9.17, 15) is 9.59 Å². The van der Waals surface area contributed by atoms with E-state index in [0.717, 1.165) is 0 Å². The Bertz CT molecular complexity index is 219. The number of amides is 2. The molecule has 0 saturated heterocycles. The highest BCUT2D eigenvalue weighted by Crippen LogP contribution is 1.98. The molecule has 5 nitrogen and oxygen atoms in total. The molecule has 0 saturated carbocycles. The predicted octanol–water partition coefficient (Wildman–Crippen LogP) is -0.910. The maximum absolute atomic E-state index is 11.3. The van der Waals surface area contributed by atoms with Crippen LogP contribution >= 0.6 is 11.8 Å². The van der Waals surface area contributed by atoms with Gasteiger partial charge in [0.25, 0.3) is 0 Å². The third-order valence-electron chi connectivity index (χ3n) is 1.31. The second kappa shape index (κ2) is 10.9. The van der Waals surface area contributed by atoms with E-state index in [0.29, 0.717) is 5.88 Å². The van der Waals surface area contributed by atoms with Crippen molar-refractivity contribution in [1.29, 1.82) is 0 Å². The summed E-state index contributed by atoms with van der Waals surface area (Å²) in [6, 6.07) is 0. The van der Waals surface area contributed by atoms with E-state index in [2.05, 4.69) is 18.2 Å². The first-order valence-corrected chi connectivity index (χ1v) is 5.54. The molecule has 6 heteroatoms. The number of rotatable bonds is 6. The Balaban J connectivity index is 0. The van der Waals surface area contributed by atoms with Crippen LogP contribution in [0.4, 0.5) is 0 Å².